The van der Waals surface area contributed by atoms with E-state index in [1.807, 2.05) is 0 Å². The molecule has 9 heteroatoms. The van der Waals surface area contributed by atoms with Gasteiger partial charge in [-0.15, -0.1) is 0 Å². The molecular weight excluding hydrogens is 413 g/mol. The Balaban J connectivity index is 1.70. The maximum atomic E-state index is 13.3. The van der Waals surface area contributed by atoms with Crippen LogP contribution in [0.5, 0.6) is 5.75 Å². The Morgan fingerprint density at radius 2 is 2.00 bits per heavy atom. The third-order valence-electron chi connectivity index (χ3n) is 5.82. The summed E-state index contributed by atoms with van der Waals surface area (Å²) in [6, 6.07) is 11.3. The molecule has 2 aromatic carbocycles. The molecule has 2 aromatic rings. The van der Waals surface area contributed by atoms with E-state index in [4.69, 9.17) is 4.74 Å². The Labute approximate surface area is 176 Å². The molecule has 0 unspecified atom stereocenters. The number of amides is 2. The van der Waals surface area contributed by atoms with E-state index < -0.39 is 41.1 Å². The van der Waals surface area contributed by atoms with Crippen LogP contribution in [0.25, 0.3) is 0 Å². The number of hydrogen-bond acceptors (Lipinski definition) is 4. The quantitative estimate of drug-likeness (QED) is 0.724. The second-order valence-corrected chi connectivity index (χ2v) is 7.88. The summed E-state index contributed by atoms with van der Waals surface area (Å²) in [5.41, 5.74) is -1.28. The molecule has 2 bridgehead atoms. The lowest BCUT2D eigenvalue weighted by Crippen LogP contribution is -2.64. The van der Waals surface area contributed by atoms with Gasteiger partial charge in [0, 0.05) is 24.6 Å². The summed E-state index contributed by atoms with van der Waals surface area (Å²) in [6.45, 7) is 1.38. The largest absolute Gasteiger partial charge is 0.468 e. The average Bonchev–Trinajstić information content (AvgIpc) is 2.70. The van der Waals surface area contributed by atoms with E-state index in [1.54, 1.807) is 31.2 Å². The van der Waals surface area contributed by atoms with E-state index in [-0.39, 0.29) is 18.8 Å². The minimum absolute atomic E-state index is 0.0302. The molecule has 2 amide bonds. The number of ether oxygens (including phenoxy) is 1. The highest BCUT2D eigenvalue weighted by atomic mass is 19.4. The van der Waals surface area contributed by atoms with Crippen LogP contribution in [0.4, 0.5) is 18.9 Å². The van der Waals surface area contributed by atoms with Crippen molar-refractivity contribution in [3.05, 3.63) is 59.7 Å². The number of alkyl halides is 3. The molecule has 31 heavy (non-hydrogen) atoms. The summed E-state index contributed by atoms with van der Waals surface area (Å²) in [5, 5.41) is 11.9. The van der Waals surface area contributed by atoms with Gasteiger partial charge in [0.2, 0.25) is 11.8 Å². The molecule has 3 atom stereocenters. The summed E-state index contributed by atoms with van der Waals surface area (Å²) in [5.74, 6) is -2.38. The van der Waals surface area contributed by atoms with Gasteiger partial charge in [-0.1, -0.05) is 24.3 Å². The van der Waals surface area contributed by atoms with Gasteiger partial charge < -0.3 is 20.1 Å². The van der Waals surface area contributed by atoms with E-state index in [0.29, 0.717) is 17.7 Å². The Morgan fingerprint density at radius 3 is 2.71 bits per heavy atom. The maximum Gasteiger partial charge on any atom is 0.416 e. The van der Waals surface area contributed by atoms with Crippen LogP contribution in [0.3, 0.4) is 0 Å². The number of halogens is 3. The number of piperidine rings is 1. The highest BCUT2D eigenvalue weighted by molar-refractivity contribution is 6.08. The zero-order chi connectivity index (χ0) is 22.4. The van der Waals surface area contributed by atoms with Gasteiger partial charge in [0.05, 0.1) is 12.2 Å². The van der Waals surface area contributed by atoms with Crippen molar-refractivity contribution in [2.24, 2.45) is 5.92 Å². The van der Waals surface area contributed by atoms with Gasteiger partial charge in [-0.25, -0.2) is 0 Å². The summed E-state index contributed by atoms with van der Waals surface area (Å²) in [4.78, 5) is 27.8. The van der Waals surface area contributed by atoms with E-state index in [9.17, 15) is 27.9 Å². The second-order valence-electron chi connectivity index (χ2n) is 7.88. The smallest absolute Gasteiger partial charge is 0.416 e. The number of likely N-dealkylation sites (tertiary alicyclic amines) is 1. The molecule has 0 spiro atoms. The van der Waals surface area contributed by atoms with Crippen LogP contribution >= 0.6 is 0 Å². The third kappa shape index (κ3) is 3.74. The van der Waals surface area contributed by atoms with Crippen LogP contribution in [0.15, 0.2) is 48.5 Å². The maximum absolute atomic E-state index is 13.3. The van der Waals surface area contributed by atoms with Gasteiger partial charge in [-0.3, -0.25) is 9.59 Å². The minimum atomic E-state index is -4.55. The van der Waals surface area contributed by atoms with Gasteiger partial charge in [0.25, 0.3) is 0 Å². The second kappa shape index (κ2) is 7.56. The number of rotatable bonds is 4. The molecule has 4 rings (SSSR count). The Kier molecular flexibility index (Phi) is 5.17. The number of fused-ring (bicyclic) bond motifs is 4. The lowest BCUT2D eigenvalue weighted by Gasteiger charge is -2.52. The predicted octanol–water partition coefficient (Wildman–Crippen LogP) is 3.38. The van der Waals surface area contributed by atoms with Crippen molar-refractivity contribution in [1.82, 2.24) is 4.90 Å². The van der Waals surface area contributed by atoms with Gasteiger partial charge >= 0.3 is 6.18 Å². The van der Waals surface area contributed by atoms with Gasteiger partial charge in [-0.2, -0.15) is 13.2 Å². The Bertz CT molecular complexity index is 1030. The van der Waals surface area contributed by atoms with Gasteiger partial charge in [0.15, 0.2) is 5.72 Å². The van der Waals surface area contributed by atoms with Crippen molar-refractivity contribution in [3.8, 4) is 5.75 Å². The van der Waals surface area contributed by atoms with Crippen LogP contribution in [-0.4, -0.2) is 40.7 Å². The molecule has 1 saturated heterocycles. The molecule has 0 aliphatic carbocycles. The fourth-order valence-electron chi connectivity index (χ4n) is 4.45. The third-order valence-corrected chi connectivity index (χ3v) is 5.82. The molecule has 2 aliphatic rings. The predicted molar refractivity (Wildman–Crippen MR) is 105 cm³/mol. The first-order valence-corrected chi connectivity index (χ1v) is 9.82. The minimum Gasteiger partial charge on any atom is -0.468 e. The first-order chi connectivity index (χ1) is 14.6. The van der Waals surface area contributed by atoms with E-state index in [2.05, 4.69) is 5.32 Å². The first-order valence-electron chi connectivity index (χ1n) is 9.82. The van der Waals surface area contributed by atoms with Crippen molar-refractivity contribution in [3.63, 3.8) is 0 Å². The molecule has 2 N–H and O–H groups in total. The van der Waals surface area contributed by atoms with Gasteiger partial charge in [-0.05, 0) is 36.8 Å². The molecule has 6 nitrogen and oxygen atoms in total. The summed E-state index contributed by atoms with van der Waals surface area (Å²) in [7, 11) is 0. The number of carbonyl (C=O) groups excluding carboxylic acids is 2. The molecule has 1 fully saturated rings. The number of nitrogens with zero attached hydrogens (tertiary/aromatic N) is 1. The summed E-state index contributed by atoms with van der Waals surface area (Å²) in [6.07, 6.45) is -4.24. The van der Waals surface area contributed by atoms with Crippen LogP contribution in [-0.2, 0) is 15.8 Å². The molecule has 164 valence electrons. The van der Waals surface area contributed by atoms with E-state index in [0.717, 1.165) is 12.1 Å². The van der Waals surface area contributed by atoms with Crippen molar-refractivity contribution >= 4 is 17.5 Å². The summed E-state index contributed by atoms with van der Waals surface area (Å²) >= 11 is 0. The highest BCUT2D eigenvalue weighted by Crippen LogP contribution is 2.50. The summed E-state index contributed by atoms with van der Waals surface area (Å²) < 4.78 is 45.1. The number of aliphatic hydroxyl groups is 1. The Morgan fingerprint density at radius 1 is 1.26 bits per heavy atom. The molecule has 0 radical (unpaired) electrons. The topological polar surface area (TPSA) is 78.9 Å². The van der Waals surface area contributed by atoms with Crippen molar-refractivity contribution in [1.29, 1.82) is 0 Å². The number of hydrogen-bond donors (Lipinski definition) is 2. The van der Waals surface area contributed by atoms with Crippen molar-refractivity contribution in [2.75, 3.05) is 18.5 Å². The number of benzene rings is 2. The van der Waals surface area contributed by atoms with Gasteiger partial charge in [0.1, 0.15) is 11.7 Å². The van der Waals surface area contributed by atoms with Crippen molar-refractivity contribution < 1.29 is 32.6 Å². The van der Waals surface area contributed by atoms with Crippen LogP contribution in [0.2, 0.25) is 0 Å². The number of β-amino-alcohol motifs (C(OH)–C–C–N with tert-alkyl or cyclic N) is 1. The standard InChI is InChI=1S/C22H21F3N2O4/c1-21-12-16(15-7-2-3-8-17(15)31-21)18(20(30)27(21)9-10-28)19(29)26-14-6-4-5-13(11-14)22(23,24)25/h2-8,11,16,18,28H,9-10,12H2,1H3,(H,26,29)/t16-,18-,21-/m0/s1. The lowest BCUT2D eigenvalue weighted by atomic mass is 9.73. The molecule has 0 saturated carbocycles. The zero-order valence-electron chi connectivity index (χ0n) is 16.6. The number of para-hydroxylation sites is 1. The number of aliphatic hydroxyl groups excluding tert-OH is 1. The average molecular weight is 434 g/mol. The SMILES string of the molecule is C[C@@]12C[C@@H](c3ccccc3O1)[C@@H](C(=O)Nc1cccc(C(F)(F)F)c1)C(=O)N2CCO. The lowest BCUT2D eigenvalue weighted by molar-refractivity contribution is -0.176. The molecular formula is C22H21F3N2O4. The molecule has 2 heterocycles. The number of anilines is 1. The first kappa shape index (κ1) is 21.2. The molecule has 0 aromatic heterocycles. The Hall–Kier alpha value is -3.07. The van der Waals surface area contributed by atoms with E-state index in [1.165, 1.54) is 17.0 Å². The number of nitrogens with one attached hydrogen (secondary N) is 1. The zero-order valence-corrected chi connectivity index (χ0v) is 16.6. The van der Waals surface area contributed by atoms with Crippen LogP contribution < -0.4 is 10.1 Å². The van der Waals surface area contributed by atoms with Crippen LogP contribution in [0, 0.1) is 5.92 Å². The molecule has 2 aliphatic heterocycles. The van der Waals surface area contributed by atoms with Crippen molar-refractivity contribution in [2.45, 2.75) is 31.2 Å². The monoisotopic (exact) mass is 434 g/mol. The highest BCUT2D eigenvalue weighted by Gasteiger charge is 2.55. The van der Waals surface area contributed by atoms with Crippen LogP contribution in [0.1, 0.15) is 30.4 Å². The normalized spacial score (nSPS) is 24.9. The fraction of sp³-hybridized carbons (Fsp3) is 0.364. The number of carbonyl (C=O) groups is 2. The fourth-order valence-corrected chi connectivity index (χ4v) is 4.45. The van der Waals surface area contributed by atoms with E-state index >= 15 is 0 Å².